The van der Waals surface area contributed by atoms with Gasteiger partial charge in [0.2, 0.25) is 0 Å². The van der Waals surface area contributed by atoms with Crippen molar-refractivity contribution in [1.29, 1.82) is 0 Å². The highest BCUT2D eigenvalue weighted by atomic mass is 31.2. The number of rotatable bonds is 77. The number of ether oxygens (including phenoxy) is 4. The van der Waals surface area contributed by atoms with E-state index in [2.05, 4.69) is 65.8 Å². The van der Waals surface area contributed by atoms with Crippen LogP contribution in [0.4, 0.5) is 0 Å². The molecule has 0 amide bonds. The van der Waals surface area contributed by atoms with E-state index in [4.69, 9.17) is 37.0 Å². The largest absolute Gasteiger partial charge is 0.472 e. The van der Waals surface area contributed by atoms with Crippen molar-refractivity contribution < 1.29 is 80.2 Å². The lowest BCUT2D eigenvalue weighted by Crippen LogP contribution is -2.30. The van der Waals surface area contributed by atoms with Gasteiger partial charge in [0, 0.05) is 25.7 Å². The summed E-state index contributed by atoms with van der Waals surface area (Å²) >= 11 is 0. The van der Waals surface area contributed by atoms with Crippen molar-refractivity contribution in [2.75, 3.05) is 39.6 Å². The molecule has 0 aliphatic heterocycles. The number of carbonyl (C=O) groups is 4. The maximum atomic E-state index is 13.1. The second-order valence-electron chi connectivity index (χ2n) is 29.1. The molecule has 0 saturated carbocycles. The molecule has 0 aromatic carbocycles. The Kier molecular flexibility index (Phi) is 69.4. The Bertz CT molecular complexity index is 2000. The second-order valence-corrected chi connectivity index (χ2v) is 32.0. The molecule has 0 aromatic rings. The quantitative estimate of drug-likeness (QED) is 0.0169. The van der Waals surface area contributed by atoms with Gasteiger partial charge in [-0.3, -0.25) is 37.3 Å². The van der Waals surface area contributed by atoms with Crippen molar-refractivity contribution in [3.8, 4) is 0 Å². The minimum absolute atomic E-state index is 0.101. The van der Waals surface area contributed by atoms with E-state index in [1.807, 2.05) is 0 Å². The van der Waals surface area contributed by atoms with Crippen LogP contribution >= 0.6 is 15.6 Å². The summed E-state index contributed by atoms with van der Waals surface area (Å²) in [6.07, 6.45) is 63.2. The van der Waals surface area contributed by atoms with Crippen molar-refractivity contribution in [2.24, 2.45) is 11.8 Å². The van der Waals surface area contributed by atoms with Crippen molar-refractivity contribution in [2.45, 2.75) is 413 Å². The zero-order valence-electron chi connectivity index (χ0n) is 64.3. The van der Waals surface area contributed by atoms with Crippen LogP contribution in [0.25, 0.3) is 0 Å². The van der Waals surface area contributed by atoms with Crippen LogP contribution in [0.1, 0.15) is 395 Å². The summed E-state index contributed by atoms with van der Waals surface area (Å²) in [5, 5.41) is 10.6. The molecule has 0 spiro atoms. The number of phosphoric acid groups is 2. The van der Waals surface area contributed by atoms with Crippen LogP contribution < -0.4 is 0 Å². The topological polar surface area (TPSA) is 237 Å². The maximum Gasteiger partial charge on any atom is 0.472 e. The van der Waals surface area contributed by atoms with E-state index in [0.29, 0.717) is 25.7 Å². The zero-order chi connectivity index (χ0) is 72.8. The van der Waals surface area contributed by atoms with Crippen LogP contribution in [-0.4, -0.2) is 96.7 Å². The lowest BCUT2D eigenvalue weighted by Gasteiger charge is -2.21. The number of hydrogen-bond donors (Lipinski definition) is 3. The van der Waals surface area contributed by atoms with Gasteiger partial charge in [0.15, 0.2) is 12.2 Å². The molecule has 0 saturated heterocycles. The summed E-state index contributed by atoms with van der Waals surface area (Å²) in [5.74, 6) is -0.608. The molecule has 3 N–H and O–H groups in total. The number of unbranched alkanes of at least 4 members (excludes halogenated alkanes) is 44. The molecule has 0 heterocycles. The summed E-state index contributed by atoms with van der Waals surface area (Å²) in [4.78, 5) is 73.0. The van der Waals surface area contributed by atoms with Gasteiger partial charge in [0.25, 0.3) is 0 Å². The zero-order valence-corrected chi connectivity index (χ0v) is 66.1. The van der Waals surface area contributed by atoms with Gasteiger partial charge in [-0.2, -0.15) is 0 Å². The molecule has 17 nitrogen and oxygen atoms in total. The van der Waals surface area contributed by atoms with Gasteiger partial charge in [0.05, 0.1) is 26.4 Å². The molecule has 0 aliphatic carbocycles. The number of phosphoric ester groups is 2. The van der Waals surface area contributed by atoms with E-state index in [0.717, 1.165) is 121 Å². The van der Waals surface area contributed by atoms with Crippen LogP contribution in [0.3, 0.4) is 0 Å². The predicted molar refractivity (Wildman–Crippen MR) is 404 cm³/mol. The summed E-state index contributed by atoms with van der Waals surface area (Å²) in [7, 11) is -9.93. The molecule has 0 aliphatic rings. The minimum Gasteiger partial charge on any atom is -0.462 e. The molecule has 0 aromatic heterocycles. The van der Waals surface area contributed by atoms with Crippen molar-refractivity contribution in [1.82, 2.24) is 0 Å². The summed E-state index contributed by atoms with van der Waals surface area (Å²) in [5.41, 5.74) is 0. The monoisotopic (exact) mass is 1450 g/mol. The fourth-order valence-electron chi connectivity index (χ4n) is 11.8. The van der Waals surface area contributed by atoms with Crippen molar-refractivity contribution >= 4 is 39.5 Å². The highest BCUT2D eigenvalue weighted by molar-refractivity contribution is 7.47. The Hall–Kier alpha value is -2.46. The van der Waals surface area contributed by atoms with E-state index in [1.54, 1.807) is 0 Å². The maximum absolute atomic E-state index is 13.1. The van der Waals surface area contributed by atoms with Crippen LogP contribution in [0.2, 0.25) is 0 Å². The van der Waals surface area contributed by atoms with Crippen LogP contribution in [0.15, 0.2) is 24.3 Å². The van der Waals surface area contributed by atoms with E-state index in [1.165, 1.54) is 193 Å². The number of aliphatic hydroxyl groups excluding tert-OH is 1. The van der Waals surface area contributed by atoms with Gasteiger partial charge >= 0.3 is 39.5 Å². The first-order chi connectivity index (χ1) is 47.9. The Morgan fingerprint density at radius 1 is 0.313 bits per heavy atom. The predicted octanol–water partition coefficient (Wildman–Crippen LogP) is 23.4. The highest BCUT2D eigenvalue weighted by Gasteiger charge is 2.30. The smallest absolute Gasteiger partial charge is 0.462 e. The minimum atomic E-state index is -4.97. The van der Waals surface area contributed by atoms with Crippen molar-refractivity contribution in [3.63, 3.8) is 0 Å². The lowest BCUT2D eigenvalue weighted by atomic mass is 10.0. The number of allylic oxidation sites excluding steroid dienone is 4. The van der Waals surface area contributed by atoms with Gasteiger partial charge in [0.1, 0.15) is 19.3 Å². The number of hydrogen-bond acceptors (Lipinski definition) is 15. The standard InChI is InChI=1S/C80H152O17P2/c1-7-9-11-13-15-17-19-21-25-30-33-37-44-50-56-62-77(82)90-68-75(96-80(85)65-59-53-47-39-35-31-27-24-23-26-28-32-36-42-48-54-60-72(3)4)70-94-98(86,87)92-66-74(81)67-93-99(88,89)95-71-76(69-91-78(83)63-57-51-45-41-40-43-49-55-61-73(5)6)97-79(84)64-58-52-46-38-34-29-22-20-18-16-14-12-10-8-2/h17,19,21,25,72-76,81H,7-16,18,20,22-24,26-71H2,1-6H3,(H,86,87)(H,88,89)/b19-17-,25-21-/t74-,75-,76-/m1/s1. The van der Waals surface area contributed by atoms with E-state index in [9.17, 15) is 43.2 Å². The van der Waals surface area contributed by atoms with Crippen LogP contribution in [0, 0.1) is 11.8 Å². The van der Waals surface area contributed by atoms with Crippen LogP contribution in [0.5, 0.6) is 0 Å². The SMILES string of the molecule is CCCCCC/C=C\C=C/CCCCCCCC(=O)OC[C@H](COP(=O)(O)OC[C@@H](O)COP(=O)(O)OC[C@@H](COC(=O)CCCCCCCCCCC(C)C)OC(=O)CCCCCCCCCCCCCCCC)OC(=O)CCCCCCCCCCCCCCCCCCC(C)C. The fraction of sp³-hybridized carbons (Fsp3) is 0.900. The number of carbonyl (C=O) groups excluding carboxylic acids is 4. The third-order valence-electron chi connectivity index (χ3n) is 18.1. The third kappa shape index (κ3) is 73.6. The average molecular weight is 1450 g/mol. The molecule has 5 atom stereocenters. The number of esters is 4. The van der Waals surface area contributed by atoms with Gasteiger partial charge in [-0.05, 0) is 63.2 Å². The normalized spacial score (nSPS) is 14.1. The fourth-order valence-corrected chi connectivity index (χ4v) is 13.4. The average Bonchev–Trinajstić information content (AvgIpc) is 1.42. The molecule has 0 fully saturated rings. The Labute approximate surface area is 605 Å². The Balaban J connectivity index is 5.28. The van der Waals surface area contributed by atoms with E-state index >= 15 is 0 Å². The third-order valence-corrected chi connectivity index (χ3v) is 20.0. The molecule has 19 heteroatoms. The molecule has 0 radical (unpaired) electrons. The van der Waals surface area contributed by atoms with E-state index in [-0.39, 0.29) is 25.7 Å². The molecular formula is C80H152O17P2. The molecule has 584 valence electrons. The van der Waals surface area contributed by atoms with Crippen molar-refractivity contribution in [3.05, 3.63) is 24.3 Å². The van der Waals surface area contributed by atoms with E-state index < -0.39 is 97.5 Å². The highest BCUT2D eigenvalue weighted by Crippen LogP contribution is 2.45. The summed E-state index contributed by atoms with van der Waals surface area (Å²) < 4.78 is 68.6. The molecular weight excluding hydrogens is 1290 g/mol. The van der Waals surface area contributed by atoms with Gasteiger partial charge in [-0.1, -0.05) is 342 Å². The van der Waals surface area contributed by atoms with Gasteiger partial charge in [-0.15, -0.1) is 0 Å². The van der Waals surface area contributed by atoms with Gasteiger partial charge < -0.3 is 33.8 Å². The summed E-state index contributed by atoms with van der Waals surface area (Å²) in [6, 6.07) is 0. The second kappa shape index (κ2) is 71.2. The summed E-state index contributed by atoms with van der Waals surface area (Å²) in [6.45, 7) is 9.56. The van der Waals surface area contributed by atoms with Gasteiger partial charge in [-0.25, -0.2) is 9.13 Å². The first-order valence-corrected chi connectivity index (χ1v) is 43.8. The Morgan fingerprint density at radius 2 is 0.545 bits per heavy atom. The molecule has 0 rings (SSSR count). The molecule has 99 heavy (non-hydrogen) atoms. The number of aliphatic hydroxyl groups is 1. The van der Waals surface area contributed by atoms with Crippen LogP contribution in [-0.2, 0) is 65.4 Å². The Morgan fingerprint density at radius 3 is 0.828 bits per heavy atom. The molecule has 2 unspecified atom stereocenters. The lowest BCUT2D eigenvalue weighted by molar-refractivity contribution is -0.161. The first kappa shape index (κ1) is 96.5. The molecule has 0 bridgehead atoms. The first-order valence-electron chi connectivity index (χ1n) is 40.8.